The lowest BCUT2D eigenvalue weighted by Crippen LogP contribution is -2.02. The van der Waals surface area contributed by atoms with Crippen LogP contribution in [0.25, 0.3) is 10.8 Å². The third-order valence-corrected chi connectivity index (χ3v) is 4.40. The highest BCUT2D eigenvalue weighted by Crippen LogP contribution is 2.24. The highest BCUT2D eigenvalue weighted by molar-refractivity contribution is 6.34. The van der Waals surface area contributed by atoms with Gasteiger partial charge in [-0.15, -0.1) is 0 Å². The SMILES string of the molecule is Clc1nc(NCc2ccc(Cn3ccnc3)cc2)cc2ccccc12. The van der Waals surface area contributed by atoms with E-state index in [2.05, 4.69) is 39.6 Å². The Labute approximate surface area is 151 Å². The number of hydrogen-bond acceptors (Lipinski definition) is 3. The van der Waals surface area contributed by atoms with E-state index in [9.17, 15) is 0 Å². The lowest BCUT2D eigenvalue weighted by Gasteiger charge is -2.09. The van der Waals surface area contributed by atoms with E-state index in [1.54, 1.807) is 6.20 Å². The van der Waals surface area contributed by atoms with Crippen LogP contribution in [0.2, 0.25) is 5.15 Å². The van der Waals surface area contributed by atoms with E-state index in [1.807, 2.05) is 47.4 Å². The van der Waals surface area contributed by atoms with Crippen LogP contribution in [0.15, 0.2) is 73.3 Å². The number of aromatic nitrogens is 3. The molecule has 0 unspecified atom stereocenters. The van der Waals surface area contributed by atoms with E-state index >= 15 is 0 Å². The molecular weight excluding hydrogens is 332 g/mol. The molecule has 0 radical (unpaired) electrons. The van der Waals surface area contributed by atoms with Gasteiger partial charge in [-0.05, 0) is 22.6 Å². The maximum atomic E-state index is 6.27. The summed E-state index contributed by atoms with van der Waals surface area (Å²) in [7, 11) is 0. The molecule has 5 heteroatoms. The molecule has 0 saturated heterocycles. The molecule has 4 rings (SSSR count). The molecule has 0 saturated carbocycles. The minimum Gasteiger partial charge on any atom is -0.366 e. The molecule has 0 aliphatic rings. The van der Waals surface area contributed by atoms with Gasteiger partial charge in [0.1, 0.15) is 11.0 Å². The van der Waals surface area contributed by atoms with Crippen molar-refractivity contribution in [3.8, 4) is 0 Å². The molecule has 4 aromatic rings. The number of pyridine rings is 1. The normalized spacial score (nSPS) is 10.9. The van der Waals surface area contributed by atoms with E-state index in [1.165, 1.54) is 11.1 Å². The molecule has 0 bridgehead atoms. The zero-order valence-corrected chi connectivity index (χ0v) is 14.3. The summed E-state index contributed by atoms with van der Waals surface area (Å²) >= 11 is 6.27. The predicted octanol–water partition coefficient (Wildman–Crippen LogP) is 4.75. The first-order valence-corrected chi connectivity index (χ1v) is 8.48. The monoisotopic (exact) mass is 348 g/mol. The minimum atomic E-state index is 0.524. The van der Waals surface area contributed by atoms with Crippen molar-refractivity contribution in [2.45, 2.75) is 13.1 Å². The zero-order chi connectivity index (χ0) is 17.1. The smallest absolute Gasteiger partial charge is 0.139 e. The van der Waals surface area contributed by atoms with E-state index in [0.717, 1.165) is 23.1 Å². The fourth-order valence-electron chi connectivity index (χ4n) is 2.79. The van der Waals surface area contributed by atoms with E-state index < -0.39 is 0 Å². The van der Waals surface area contributed by atoms with Crippen LogP contribution in [0.1, 0.15) is 11.1 Å². The Bertz CT molecular complexity index is 978. The number of benzene rings is 2. The van der Waals surface area contributed by atoms with Gasteiger partial charge in [0.25, 0.3) is 0 Å². The van der Waals surface area contributed by atoms with Crippen molar-refractivity contribution in [3.63, 3.8) is 0 Å². The number of nitrogens with zero attached hydrogens (tertiary/aromatic N) is 3. The number of imidazole rings is 1. The molecule has 1 N–H and O–H groups in total. The quantitative estimate of drug-likeness (QED) is 0.529. The fraction of sp³-hybridized carbons (Fsp3) is 0.100. The van der Waals surface area contributed by atoms with Crippen molar-refractivity contribution in [1.82, 2.24) is 14.5 Å². The zero-order valence-electron chi connectivity index (χ0n) is 13.6. The standard InChI is InChI=1S/C20H17ClN4/c21-20-18-4-2-1-3-17(18)11-19(24-20)23-12-15-5-7-16(8-6-15)13-25-10-9-22-14-25/h1-11,14H,12-13H2,(H,23,24). The molecule has 4 nitrogen and oxygen atoms in total. The second-order valence-corrected chi connectivity index (χ2v) is 6.28. The number of halogens is 1. The Kier molecular flexibility index (Phi) is 4.36. The number of nitrogens with one attached hydrogen (secondary N) is 1. The van der Waals surface area contributed by atoms with E-state index in [4.69, 9.17) is 11.6 Å². The second kappa shape index (κ2) is 6.95. The molecule has 0 spiro atoms. The van der Waals surface area contributed by atoms with Gasteiger partial charge in [0.2, 0.25) is 0 Å². The summed E-state index contributed by atoms with van der Waals surface area (Å²) in [6.07, 6.45) is 5.58. The molecular formula is C20H17ClN4. The van der Waals surface area contributed by atoms with Gasteiger partial charge < -0.3 is 9.88 Å². The largest absolute Gasteiger partial charge is 0.366 e. The van der Waals surface area contributed by atoms with Gasteiger partial charge in [-0.2, -0.15) is 0 Å². The van der Waals surface area contributed by atoms with Gasteiger partial charge in [0.05, 0.1) is 6.33 Å². The number of hydrogen-bond donors (Lipinski definition) is 1. The van der Waals surface area contributed by atoms with Gasteiger partial charge in [-0.1, -0.05) is 60.1 Å². The Morgan fingerprint density at radius 3 is 2.60 bits per heavy atom. The Balaban J connectivity index is 1.44. The molecule has 25 heavy (non-hydrogen) atoms. The van der Waals surface area contributed by atoms with E-state index in [0.29, 0.717) is 11.7 Å². The molecule has 2 aromatic carbocycles. The summed E-state index contributed by atoms with van der Waals surface area (Å²) in [5, 5.41) is 5.93. The highest BCUT2D eigenvalue weighted by Gasteiger charge is 2.04. The molecule has 0 aliphatic carbocycles. The number of rotatable bonds is 5. The first-order chi connectivity index (χ1) is 12.3. The molecule has 0 atom stereocenters. The summed E-state index contributed by atoms with van der Waals surface area (Å²) in [5.41, 5.74) is 2.44. The van der Waals surface area contributed by atoms with Crippen molar-refractivity contribution in [2.75, 3.05) is 5.32 Å². The van der Waals surface area contributed by atoms with Crippen LogP contribution in [-0.2, 0) is 13.1 Å². The molecule has 2 aromatic heterocycles. The average molecular weight is 349 g/mol. The molecule has 0 amide bonds. The predicted molar refractivity (Wildman–Crippen MR) is 102 cm³/mol. The summed E-state index contributed by atoms with van der Waals surface area (Å²) < 4.78 is 2.05. The third kappa shape index (κ3) is 3.64. The summed E-state index contributed by atoms with van der Waals surface area (Å²) in [6, 6.07) is 18.5. The van der Waals surface area contributed by atoms with Crippen LogP contribution >= 0.6 is 11.6 Å². The van der Waals surface area contributed by atoms with Crippen LogP contribution in [0.3, 0.4) is 0 Å². The maximum absolute atomic E-state index is 6.27. The Morgan fingerprint density at radius 2 is 1.80 bits per heavy atom. The fourth-order valence-corrected chi connectivity index (χ4v) is 3.06. The molecule has 0 fully saturated rings. The van der Waals surface area contributed by atoms with Crippen molar-refractivity contribution in [2.24, 2.45) is 0 Å². The van der Waals surface area contributed by atoms with Crippen molar-refractivity contribution < 1.29 is 0 Å². The van der Waals surface area contributed by atoms with Crippen LogP contribution in [0.5, 0.6) is 0 Å². The van der Waals surface area contributed by atoms with Crippen LogP contribution in [-0.4, -0.2) is 14.5 Å². The first kappa shape index (κ1) is 15.7. The van der Waals surface area contributed by atoms with Crippen LogP contribution in [0, 0.1) is 0 Å². The highest BCUT2D eigenvalue weighted by atomic mass is 35.5. The second-order valence-electron chi connectivity index (χ2n) is 5.92. The Hall–Kier alpha value is -2.85. The lowest BCUT2D eigenvalue weighted by atomic mass is 10.1. The lowest BCUT2D eigenvalue weighted by molar-refractivity contribution is 0.797. The van der Waals surface area contributed by atoms with Crippen molar-refractivity contribution >= 4 is 28.2 Å². The topological polar surface area (TPSA) is 42.7 Å². The average Bonchev–Trinajstić information content (AvgIpc) is 3.14. The molecule has 2 heterocycles. The summed E-state index contributed by atoms with van der Waals surface area (Å²) in [4.78, 5) is 8.49. The molecule has 124 valence electrons. The number of anilines is 1. The minimum absolute atomic E-state index is 0.524. The van der Waals surface area contributed by atoms with Gasteiger partial charge in [0, 0.05) is 30.9 Å². The molecule has 0 aliphatic heterocycles. The van der Waals surface area contributed by atoms with Gasteiger partial charge in [-0.3, -0.25) is 0 Å². The number of fused-ring (bicyclic) bond motifs is 1. The van der Waals surface area contributed by atoms with Gasteiger partial charge in [-0.25, -0.2) is 9.97 Å². The van der Waals surface area contributed by atoms with Crippen molar-refractivity contribution in [1.29, 1.82) is 0 Å². The first-order valence-electron chi connectivity index (χ1n) is 8.11. The van der Waals surface area contributed by atoms with Crippen molar-refractivity contribution in [3.05, 3.63) is 89.6 Å². The third-order valence-electron chi connectivity index (χ3n) is 4.11. The van der Waals surface area contributed by atoms with Crippen LogP contribution in [0.4, 0.5) is 5.82 Å². The van der Waals surface area contributed by atoms with E-state index in [-0.39, 0.29) is 0 Å². The summed E-state index contributed by atoms with van der Waals surface area (Å²) in [6.45, 7) is 1.53. The van der Waals surface area contributed by atoms with Gasteiger partial charge >= 0.3 is 0 Å². The summed E-state index contributed by atoms with van der Waals surface area (Å²) in [5.74, 6) is 0.784. The maximum Gasteiger partial charge on any atom is 0.139 e. The van der Waals surface area contributed by atoms with Gasteiger partial charge in [0.15, 0.2) is 0 Å². The van der Waals surface area contributed by atoms with Crippen LogP contribution < -0.4 is 5.32 Å². The Morgan fingerprint density at radius 1 is 1.00 bits per heavy atom.